The third-order valence-corrected chi connectivity index (χ3v) is 4.70. The maximum absolute atomic E-state index is 6.05. The molecular weight excluding hydrogens is 289 g/mol. The van der Waals surface area contributed by atoms with Gasteiger partial charge in [0.25, 0.3) is 0 Å². The fraction of sp³-hybridized carbons (Fsp3) is 0.389. The van der Waals surface area contributed by atoms with Crippen molar-refractivity contribution >= 4 is 12.6 Å². The number of hydrogen-bond donors (Lipinski definition) is 0. The Kier molecular flexibility index (Phi) is 3.94. The molecule has 0 spiro atoms. The van der Waals surface area contributed by atoms with E-state index in [-0.39, 0.29) is 18.3 Å². The van der Waals surface area contributed by atoms with Crippen LogP contribution in [0, 0.1) is 0 Å². The monoisotopic (exact) mass is 311 g/mol. The van der Waals surface area contributed by atoms with E-state index in [1.54, 1.807) is 7.11 Å². The predicted molar refractivity (Wildman–Crippen MR) is 91.9 cm³/mol. The van der Waals surface area contributed by atoms with Crippen LogP contribution in [0.3, 0.4) is 0 Å². The molecule has 1 aliphatic heterocycles. The van der Waals surface area contributed by atoms with Gasteiger partial charge in [-0.2, -0.15) is 0 Å². The van der Waals surface area contributed by atoms with Crippen LogP contribution in [0.1, 0.15) is 27.7 Å². The minimum Gasteiger partial charge on any atom is -0.497 e. The van der Waals surface area contributed by atoms with Crippen molar-refractivity contribution in [2.75, 3.05) is 7.11 Å². The largest absolute Gasteiger partial charge is 0.497 e. The van der Waals surface area contributed by atoms with Crippen LogP contribution in [0.2, 0.25) is 0 Å². The average molecular weight is 311 g/mol. The van der Waals surface area contributed by atoms with E-state index in [4.69, 9.17) is 14.0 Å². The molecule has 0 saturated carbocycles. The molecule has 2 heterocycles. The zero-order valence-corrected chi connectivity index (χ0v) is 14.3. The molecule has 1 saturated heterocycles. The molecule has 2 aromatic rings. The highest BCUT2D eigenvalue weighted by Gasteiger charge is 2.51. The lowest BCUT2D eigenvalue weighted by Crippen LogP contribution is -2.41. The molecule has 0 unspecified atom stereocenters. The molecule has 0 N–H and O–H groups in total. The highest BCUT2D eigenvalue weighted by Crippen LogP contribution is 2.36. The van der Waals surface area contributed by atoms with Gasteiger partial charge in [-0.05, 0) is 58.0 Å². The van der Waals surface area contributed by atoms with Crippen molar-refractivity contribution in [1.29, 1.82) is 0 Å². The first-order valence-corrected chi connectivity index (χ1v) is 7.78. The number of rotatable bonds is 3. The number of aromatic nitrogens is 1. The minimum absolute atomic E-state index is 0.341. The summed E-state index contributed by atoms with van der Waals surface area (Å²) in [5, 5.41) is 0. The van der Waals surface area contributed by atoms with E-state index in [2.05, 4.69) is 4.98 Å². The smallest absolute Gasteiger partial charge is 0.496 e. The fourth-order valence-electron chi connectivity index (χ4n) is 2.46. The topological polar surface area (TPSA) is 40.6 Å². The summed E-state index contributed by atoms with van der Waals surface area (Å²) in [4.78, 5) is 4.54. The summed E-state index contributed by atoms with van der Waals surface area (Å²) >= 11 is 0. The number of methoxy groups -OCH3 is 1. The van der Waals surface area contributed by atoms with E-state index in [1.807, 2.05) is 70.3 Å². The number of benzene rings is 1. The van der Waals surface area contributed by atoms with E-state index in [0.29, 0.717) is 0 Å². The van der Waals surface area contributed by atoms with Crippen LogP contribution in [-0.2, 0) is 9.31 Å². The van der Waals surface area contributed by atoms with Gasteiger partial charge in [0.15, 0.2) is 0 Å². The second-order valence-electron chi connectivity index (χ2n) is 6.79. The van der Waals surface area contributed by atoms with E-state index in [9.17, 15) is 0 Å². The van der Waals surface area contributed by atoms with Gasteiger partial charge in [0, 0.05) is 17.2 Å². The quantitative estimate of drug-likeness (QED) is 0.817. The van der Waals surface area contributed by atoms with Crippen molar-refractivity contribution in [1.82, 2.24) is 4.98 Å². The second kappa shape index (κ2) is 5.66. The van der Waals surface area contributed by atoms with Crippen molar-refractivity contribution in [3.8, 4) is 17.0 Å². The van der Waals surface area contributed by atoms with Crippen molar-refractivity contribution in [3.05, 3.63) is 42.6 Å². The zero-order chi connectivity index (χ0) is 16.7. The molecule has 5 heteroatoms. The van der Waals surface area contributed by atoms with Gasteiger partial charge in [-0.15, -0.1) is 0 Å². The van der Waals surface area contributed by atoms with E-state index in [0.717, 1.165) is 22.5 Å². The molecule has 0 radical (unpaired) electrons. The summed E-state index contributed by atoms with van der Waals surface area (Å²) in [6.45, 7) is 8.19. The van der Waals surface area contributed by atoms with Crippen LogP contribution in [0.25, 0.3) is 11.3 Å². The van der Waals surface area contributed by atoms with Crippen LogP contribution in [-0.4, -0.2) is 30.4 Å². The number of hydrogen-bond acceptors (Lipinski definition) is 4. The van der Waals surface area contributed by atoms with Crippen LogP contribution < -0.4 is 10.2 Å². The van der Waals surface area contributed by atoms with Gasteiger partial charge in [0.2, 0.25) is 0 Å². The normalized spacial score (nSPS) is 18.9. The van der Waals surface area contributed by atoms with Crippen molar-refractivity contribution in [3.63, 3.8) is 0 Å². The molecule has 3 rings (SSSR count). The Bertz CT molecular complexity index is 664. The molecule has 1 aromatic heterocycles. The van der Waals surface area contributed by atoms with E-state index < -0.39 is 0 Å². The lowest BCUT2D eigenvalue weighted by atomic mass is 9.80. The van der Waals surface area contributed by atoms with Crippen molar-refractivity contribution in [2.24, 2.45) is 0 Å². The summed E-state index contributed by atoms with van der Waals surface area (Å²) < 4.78 is 17.3. The molecule has 0 bridgehead atoms. The van der Waals surface area contributed by atoms with E-state index in [1.165, 1.54) is 0 Å². The number of nitrogens with zero attached hydrogens (tertiary/aromatic N) is 1. The SMILES string of the molecule is COc1ccc(-c2ccc(B3OC(C)(C)C(C)(C)O3)cn2)cc1. The molecule has 4 nitrogen and oxygen atoms in total. The Balaban J connectivity index is 1.80. The maximum Gasteiger partial charge on any atom is 0.496 e. The molecule has 120 valence electrons. The molecule has 1 aromatic carbocycles. The first-order valence-electron chi connectivity index (χ1n) is 7.78. The van der Waals surface area contributed by atoms with Gasteiger partial charge in [0.05, 0.1) is 24.0 Å². The molecule has 1 fully saturated rings. The third kappa shape index (κ3) is 2.99. The van der Waals surface area contributed by atoms with Crippen LogP contribution in [0.5, 0.6) is 5.75 Å². The third-order valence-electron chi connectivity index (χ3n) is 4.70. The average Bonchev–Trinajstić information content (AvgIpc) is 2.76. The second-order valence-corrected chi connectivity index (χ2v) is 6.79. The van der Waals surface area contributed by atoms with Gasteiger partial charge in [-0.3, -0.25) is 4.98 Å². The number of ether oxygens (including phenoxy) is 1. The molecule has 0 aliphatic carbocycles. The van der Waals surface area contributed by atoms with Gasteiger partial charge in [0.1, 0.15) is 5.75 Å². The van der Waals surface area contributed by atoms with Crippen molar-refractivity contribution in [2.45, 2.75) is 38.9 Å². The molecule has 0 amide bonds. The first-order chi connectivity index (χ1) is 10.8. The lowest BCUT2D eigenvalue weighted by molar-refractivity contribution is 0.00578. The molecule has 0 atom stereocenters. The van der Waals surface area contributed by atoms with Gasteiger partial charge < -0.3 is 14.0 Å². The summed E-state index contributed by atoms with van der Waals surface area (Å²) in [5.41, 5.74) is 2.21. The fourth-order valence-corrected chi connectivity index (χ4v) is 2.46. The minimum atomic E-state index is -0.377. The van der Waals surface area contributed by atoms with Gasteiger partial charge in [-0.1, -0.05) is 6.07 Å². The Morgan fingerprint density at radius 2 is 1.52 bits per heavy atom. The molecule has 1 aliphatic rings. The standard InChI is InChI=1S/C18H22BNO3/c1-17(2)18(3,4)23-19(22-17)14-8-11-16(20-12-14)13-6-9-15(21-5)10-7-13/h6-12H,1-5H3. The highest BCUT2D eigenvalue weighted by molar-refractivity contribution is 6.62. The van der Waals surface area contributed by atoms with E-state index >= 15 is 0 Å². The Labute approximate surface area is 137 Å². The van der Waals surface area contributed by atoms with Crippen LogP contribution in [0.15, 0.2) is 42.6 Å². The zero-order valence-electron chi connectivity index (χ0n) is 14.3. The summed E-state index contributed by atoms with van der Waals surface area (Å²) in [5.74, 6) is 0.836. The van der Waals surface area contributed by atoms with Crippen molar-refractivity contribution < 1.29 is 14.0 Å². The number of pyridine rings is 1. The highest BCUT2D eigenvalue weighted by atomic mass is 16.7. The summed E-state index contributed by atoms with van der Waals surface area (Å²) in [6, 6.07) is 11.8. The first kappa shape index (κ1) is 16.0. The Morgan fingerprint density at radius 1 is 0.913 bits per heavy atom. The Hall–Kier alpha value is -1.85. The van der Waals surface area contributed by atoms with Gasteiger partial charge in [-0.25, -0.2) is 0 Å². The molecular formula is C18H22BNO3. The lowest BCUT2D eigenvalue weighted by Gasteiger charge is -2.32. The van der Waals surface area contributed by atoms with Gasteiger partial charge >= 0.3 is 7.12 Å². The van der Waals surface area contributed by atoms with Crippen LogP contribution in [0.4, 0.5) is 0 Å². The summed E-state index contributed by atoms with van der Waals surface area (Å²) in [6.07, 6.45) is 1.82. The maximum atomic E-state index is 6.05. The predicted octanol–water partition coefficient (Wildman–Crippen LogP) is 3.06. The van der Waals surface area contributed by atoms with Crippen LogP contribution >= 0.6 is 0 Å². The molecule has 23 heavy (non-hydrogen) atoms. The summed E-state index contributed by atoms with van der Waals surface area (Å²) in [7, 11) is 1.28. The Morgan fingerprint density at radius 3 is 2.00 bits per heavy atom.